The van der Waals surface area contributed by atoms with E-state index in [-0.39, 0.29) is 5.56 Å². The minimum absolute atomic E-state index is 0.123. The van der Waals surface area contributed by atoms with Gasteiger partial charge in [0.15, 0.2) is 0 Å². The van der Waals surface area contributed by atoms with Gasteiger partial charge in [-0.15, -0.1) is 0 Å². The van der Waals surface area contributed by atoms with E-state index in [4.69, 9.17) is 0 Å². The van der Waals surface area contributed by atoms with Crippen LogP contribution in [0.15, 0.2) is 35.4 Å². The van der Waals surface area contributed by atoms with Gasteiger partial charge in [-0.3, -0.25) is 9.36 Å². The van der Waals surface area contributed by atoms with E-state index < -0.39 is 0 Å². The molecule has 3 rings (SSSR count). The number of rotatable bonds is 5. The molecular formula is C19H25N3O. The Morgan fingerprint density at radius 1 is 1.26 bits per heavy atom. The lowest BCUT2D eigenvalue weighted by Gasteiger charge is -2.12. The molecule has 0 saturated carbocycles. The topological polar surface area (TPSA) is 46.9 Å². The molecule has 1 heterocycles. The highest BCUT2D eigenvalue weighted by atomic mass is 16.1. The molecular weight excluding hydrogens is 286 g/mol. The zero-order valence-electron chi connectivity index (χ0n) is 14.0. The Bertz CT molecular complexity index is 734. The molecule has 0 saturated heterocycles. The first-order valence-corrected chi connectivity index (χ1v) is 8.54. The fourth-order valence-corrected chi connectivity index (χ4v) is 3.16. The first-order chi connectivity index (χ1) is 11.2. The summed E-state index contributed by atoms with van der Waals surface area (Å²) < 4.78 is 1.75. The van der Waals surface area contributed by atoms with E-state index in [1.165, 1.54) is 5.56 Å². The minimum Gasteiger partial charge on any atom is -0.315 e. The number of aromatic nitrogens is 2. The lowest BCUT2D eigenvalue weighted by atomic mass is 10.0. The molecule has 4 nitrogen and oxygen atoms in total. The molecule has 2 aromatic rings. The molecule has 0 amide bonds. The predicted octanol–water partition coefficient (Wildman–Crippen LogP) is 2.64. The van der Waals surface area contributed by atoms with Crippen molar-refractivity contribution in [1.82, 2.24) is 14.9 Å². The molecule has 23 heavy (non-hydrogen) atoms. The molecule has 0 atom stereocenters. The Labute approximate surface area is 137 Å². The number of hydrogen-bond acceptors (Lipinski definition) is 3. The standard InChI is InChI=1S/C19H25N3O/c1-14(2)12-20-10-11-22-13-21-18-16-8-4-3-6-15(16)7-5-9-17(18)19(22)23/h3-4,6,8,13-14,20H,5,7,9-12H2,1-2H3. The van der Waals surface area contributed by atoms with Crippen molar-refractivity contribution in [1.29, 1.82) is 0 Å². The van der Waals surface area contributed by atoms with Crippen LogP contribution in [-0.4, -0.2) is 22.6 Å². The molecule has 1 aromatic carbocycles. The molecule has 4 heteroatoms. The van der Waals surface area contributed by atoms with Crippen molar-refractivity contribution in [3.05, 3.63) is 52.1 Å². The lowest BCUT2D eigenvalue weighted by Crippen LogP contribution is -2.31. The molecule has 122 valence electrons. The number of aryl methyl sites for hydroxylation is 1. The van der Waals surface area contributed by atoms with E-state index in [0.29, 0.717) is 12.5 Å². The van der Waals surface area contributed by atoms with Crippen LogP contribution in [0, 0.1) is 5.92 Å². The molecule has 1 aliphatic rings. The van der Waals surface area contributed by atoms with E-state index >= 15 is 0 Å². The summed E-state index contributed by atoms with van der Waals surface area (Å²) in [4.78, 5) is 17.4. The zero-order chi connectivity index (χ0) is 16.2. The van der Waals surface area contributed by atoms with E-state index in [9.17, 15) is 4.79 Å². The number of nitrogens with one attached hydrogen (secondary N) is 1. The normalized spacial score (nSPS) is 13.5. The van der Waals surface area contributed by atoms with Crippen molar-refractivity contribution in [2.45, 2.75) is 39.7 Å². The molecule has 0 bridgehead atoms. The summed E-state index contributed by atoms with van der Waals surface area (Å²) in [7, 11) is 0. The number of fused-ring (bicyclic) bond motifs is 3. The molecule has 1 aliphatic carbocycles. The van der Waals surface area contributed by atoms with Gasteiger partial charge in [0.25, 0.3) is 5.56 Å². The highest BCUT2D eigenvalue weighted by Gasteiger charge is 2.18. The Kier molecular flexibility index (Phi) is 4.91. The zero-order valence-corrected chi connectivity index (χ0v) is 14.0. The second-order valence-electron chi connectivity index (χ2n) is 6.68. The van der Waals surface area contributed by atoms with Gasteiger partial charge in [-0.25, -0.2) is 4.98 Å². The number of benzene rings is 1. The van der Waals surface area contributed by atoms with Gasteiger partial charge in [-0.1, -0.05) is 38.1 Å². The van der Waals surface area contributed by atoms with Crippen LogP contribution in [0.3, 0.4) is 0 Å². The van der Waals surface area contributed by atoms with Gasteiger partial charge in [0.1, 0.15) is 0 Å². The summed E-state index contributed by atoms with van der Waals surface area (Å²) in [5, 5.41) is 3.38. The van der Waals surface area contributed by atoms with Crippen molar-refractivity contribution in [3.8, 4) is 11.3 Å². The average Bonchev–Trinajstić information content (AvgIpc) is 2.73. The van der Waals surface area contributed by atoms with Gasteiger partial charge in [0.05, 0.1) is 12.0 Å². The predicted molar refractivity (Wildman–Crippen MR) is 93.7 cm³/mol. The third kappa shape index (κ3) is 3.53. The van der Waals surface area contributed by atoms with Crippen molar-refractivity contribution in [2.75, 3.05) is 13.1 Å². The van der Waals surface area contributed by atoms with Crippen LogP contribution >= 0.6 is 0 Å². The van der Waals surface area contributed by atoms with Crippen LogP contribution < -0.4 is 10.9 Å². The van der Waals surface area contributed by atoms with E-state index in [2.05, 4.69) is 42.3 Å². The van der Waals surface area contributed by atoms with E-state index in [0.717, 1.165) is 49.2 Å². The average molecular weight is 311 g/mol. The van der Waals surface area contributed by atoms with Crippen LogP contribution in [0.4, 0.5) is 0 Å². The summed E-state index contributed by atoms with van der Waals surface area (Å²) in [6.45, 7) is 6.81. The fourth-order valence-electron chi connectivity index (χ4n) is 3.16. The molecule has 1 N–H and O–H groups in total. The van der Waals surface area contributed by atoms with Crippen molar-refractivity contribution >= 4 is 0 Å². The second kappa shape index (κ2) is 7.09. The quantitative estimate of drug-likeness (QED) is 0.864. The van der Waals surface area contributed by atoms with Gasteiger partial charge >= 0.3 is 0 Å². The molecule has 0 spiro atoms. The van der Waals surface area contributed by atoms with Crippen molar-refractivity contribution < 1.29 is 0 Å². The highest BCUT2D eigenvalue weighted by Crippen LogP contribution is 2.28. The summed E-state index contributed by atoms with van der Waals surface area (Å²) in [6, 6.07) is 8.32. The van der Waals surface area contributed by atoms with Crippen LogP contribution in [-0.2, 0) is 19.4 Å². The monoisotopic (exact) mass is 311 g/mol. The Morgan fingerprint density at radius 2 is 2.09 bits per heavy atom. The van der Waals surface area contributed by atoms with Crippen molar-refractivity contribution in [2.24, 2.45) is 5.92 Å². The van der Waals surface area contributed by atoms with Crippen LogP contribution in [0.2, 0.25) is 0 Å². The molecule has 0 unspecified atom stereocenters. The largest absolute Gasteiger partial charge is 0.315 e. The number of nitrogens with zero attached hydrogens (tertiary/aromatic N) is 2. The molecule has 0 radical (unpaired) electrons. The maximum Gasteiger partial charge on any atom is 0.257 e. The van der Waals surface area contributed by atoms with Crippen LogP contribution in [0.25, 0.3) is 11.3 Å². The molecule has 0 fully saturated rings. The van der Waals surface area contributed by atoms with Gasteiger partial charge < -0.3 is 5.32 Å². The number of hydrogen-bond donors (Lipinski definition) is 1. The maximum atomic E-state index is 12.8. The third-order valence-electron chi connectivity index (χ3n) is 4.36. The van der Waals surface area contributed by atoms with E-state index in [1.54, 1.807) is 10.9 Å². The first-order valence-electron chi connectivity index (χ1n) is 8.54. The highest BCUT2D eigenvalue weighted by molar-refractivity contribution is 5.67. The molecule has 1 aromatic heterocycles. The van der Waals surface area contributed by atoms with Gasteiger partial charge in [-0.2, -0.15) is 0 Å². The first kappa shape index (κ1) is 15.9. The minimum atomic E-state index is 0.123. The Hall–Kier alpha value is -1.94. The summed E-state index contributed by atoms with van der Waals surface area (Å²) in [5.74, 6) is 0.619. The van der Waals surface area contributed by atoms with E-state index in [1.807, 2.05) is 6.07 Å². The SMILES string of the molecule is CC(C)CNCCn1cnc2c(c1=O)CCCc1ccccc1-2. The summed E-state index contributed by atoms with van der Waals surface area (Å²) in [6.07, 6.45) is 4.55. The Balaban J connectivity index is 1.86. The summed E-state index contributed by atoms with van der Waals surface area (Å²) in [5.41, 5.74) is 4.31. The summed E-state index contributed by atoms with van der Waals surface area (Å²) >= 11 is 0. The van der Waals surface area contributed by atoms with Gasteiger partial charge in [0, 0.05) is 24.2 Å². The lowest BCUT2D eigenvalue weighted by molar-refractivity contribution is 0.516. The smallest absolute Gasteiger partial charge is 0.257 e. The van der Waals surface area contributed by atoms with Crippen molar-refractivity contribution in [3.63, 3.8) is 0 Å². The van der Waals surface area contributed by atoms with Gasteiger partial charge in [0.2, 0.25) is 0 Å². The van der Waals surface area contributed by atoms with Crippen LogP contribution in [0.1, 0.15) is 31.4 Å². The third-order valence-corrected chi connectivity index (χ3v) is 4.36. The second-order valence-corrected chi connectivity index (χ2v) is 6.68. The maximum absolute atomic E-state index is 12.8. The van der Waals surface area contributed by atoms with Crippen LogP contribution in [0.5, 0.6) is 0 Å². The van der Waals surface area contributed by atoms with Gasteiger partial charge in [-0.05, 0) is 37.3 Å². The Morgan fingerprint density at radius 3 is 2.91 bits per heavy atom. The molecule has 0 aliphatic heterocycles. The fraction of sp³-hybridized carbons (Fsp3) is 0.474.